The minimum atomic E-state index is -0.456. The summed E-state index contributed by atoms with van der Waals surface area (Å²) in [6.45, 7) is 1.79. The van der Waals surface area contributed by atoms with Crippen LogP contribution in [0.1, 0.15) is 36.9 Å². The number of carbonyl (C=O) groups excluding carboxylic acids is 3. The molecule has 0 spiro atoms. The molecule has 1 aromatic carbocycles. The lowest BCUT2D eigenvalue weighted by atomic mass is 10.1. The molecule has 0 radical (unpaired) electrons. The summed E-state index contributed by atoms with van der Waals surface area (Å²) in [6.07, 6.45) is 0. The van der Waals surface area contributed by atoms with E-state index in [1.807, 2.05) is 0 Å². The van der Waals surface area contributed by atoms with Crippen LogP contribution in [-0.4, -0.2) is 27.5 Å². The predicted molar refractivity (Wildman–Crippen MR) is 74.1 cm³/mol. The van der Waals surface area contributed by atoms with Crippen molar-refractivity contribution in [3.05, 3.63) is 46.8 Å². The first kappa shape index (κ1) is 13.0. The van der Waals surface area contributed by atoms with Crippen molar-refractivity contribution in [2.45, 2.75) is 6.92 Å². The van der Waals surface area contributed by atoms with Crippen LogP contribution in [0.25, 0.3) is 0 Å². The Morgan fingerprint density at radius 3 is 2.57 bits per heavy atom. The van der Waals surface area contributed by atoms with Gasteiger partial charge in [0.1, 0.15) is 5.69 Å². The quantitative estimate of drug-likeness (QED) is 0.800. The summed E-state index contributed by atoms with van der Waals surface area (Å²) >= 11 is 0. The molecule has 0 atom stereocenters. The first-order valence-electron chi connectivity index (χ1n) is 6.27. The maximum Gasteiger partial charge on any atom is 0.273 e. The molecule has 1 aliphatic rings. The minimum Gasteiger partial charge on any atom is -0.321 e. The Balaban J connectivity index is 1.88. The molecule has 1 aromatic heterocycles. The molecule has 0 saturated carbocycles. The molecule has 0 unspecified atom stereocenters. The minimum absolute atomic E-state index is 0.263. The van der Waals surface area contributed by atoms with Crippen LogP contribution in [0.3, 0.4) is 0 Å². The number of hydrogen-bond donors (Lipinski definition) is 2. The lowest BCUT2D eigenvalue weighted by molar-refractivity contribution is 0.0878. The number of aromatic nitrogens is 2. The maximum atomic E-state index is 12.2. The average Bonchev–Trinajstić information content (AvgIpc) is 2.90. The summed E-state index contributed by atoms with van der Waals surface area (Å²) < 4.78 is 1.48. The predicted octanol–water partition coefficient (Wildman–Crippen LogP) is 0.864. The lowest BCUT2D eigenvalue weighted by Gasteiger charge is -2.06. The van der Waals surface area contributed by atoms with Gasteiger partial charge in [-0.2, -0.15) is 5.10 Å². The third-order valence-electron chi connectivity index (χ3n) is 3.23. The van der Waals surface area contributed by atoms with E-state index in [1.54, 1.807) is 26.1 Å². The average molecular weight is 284 g/mol. The normalized spacial score (nSPS) is 13.0. The lowest BCUT2D eigenvalue weighted by Crippen LogP contribution is -2.19. The van der Waals surface area contributed by atoms with Crippen molar-refractivity contribution in [2.24, 2.45) is 7.05 Å². The van der Waals surface area contributed by atoms with Gasteiger partial charge in [-0.3, -0.25) is 24.4 Å². The first-order valence-corrected chi connectivity index (χ1v) is 6.27. The van der Waals surface area contributed by atoms with Crippen molar-refractivity contribution in [3.8, 4) is 0 Å². The van der Waals surface area contributed by atoms with E-state index < -0.39 is 11.8 Å². The molecule has 21 heavy (non-hydrogen) atoms. The second-order valence-electron chi connectivity index (χ2n) is 4.79. The number of rotatable bonds is 2. The van der Waals surface area contributed by atoms with Gasteiger partial charge in [-0.1, -0.05) is 0 Å². The molecule has 0 aliphatic carbocycles. The van der Waals surface area contributed by atoms with Crippen LogP contribution >= 0.6 is 0 Å². The number of nitrogens with zero attached hydrogens (tertiary/aromatic N) is 2. The third kappa shape index (κ3) is 2.18. The maximum absolute atomic E-state index is 12.2. The molecule has 2 N–H and O–H groups in total. The second-order valence-corrected chi connectivity index (χ2v) is 4.79. The van der Waals surface area contributed by atoms with E-state index in [0.29, 0.717) is 16.9 Å². The molecular weight excluding hydrogens is 272 g/mol. The number of fused-ring (bicyclic) bond motifs is 1. The second kappa shape index (κ2) is 4.55. The Hall–Kier alpha value is -2.96. The fourth-order valence-corrected chi connectivity index (χ4v) is 2.26. The number of imide groups is 1. The number of anilines is 1. The Labute approximate surface area is 119 Å². The van der Waals surface area contributed by atoms with Gasteiger partial charge < -0.3 is 5.32 Å². The van der Waals surface area contributed by atoms with Crippen LogP contribution in [0, 0.1) is 6.92 Å². The highest BCUT2D eigenvalue weighted by Crippen LogP contribution is 2.20. The number of hydrogen-bond acceptors (Lipinski definition) is 4. The Morgan fingerprint density at radius 2 is 1.90 bits per heavy atom. The number of benzene rings is 1. The number of aryl methyl sites for hydroxylation is 2. The van der Waals surface area contributed by atoms with Crippen molar-refractivity contribution >= 4 is 23.4 Å². The van der Waals surface area contributed by atoms with E-state index >= 15 is 0 Å². The van der Waals surface area contributed by atoms with Crippen LogP contribution in [0.4, 0.5) is 5.69 Å². The van der Waals surface area contributed by atoms with Gasteiger partial charge in [0.2, 0.25) is 0 Å². The van der Waals surface area contributed by atoms with Crippen LogP contribution in [0.15, 0.2) is 24.3 Å². The first-order chi connectivity index (χ1) is 9.95. The highest BCUT2D eigenvalue weighted by molar-refractivity contribution is 6.22. The van der Waals surface area contributed by atoms with Gasteiger partial charge in [0.15, 0.2) is 0 Å². The molecule has 0 saturated heterocycles. The Bertz CT molecular complexity index is 792. The van der Waals surface area contributed by atoms with E-state index in [4.69, 9.17) is 0 Å². The van der Waals surface area contributed by atoms with Gasteiger partial charge in [0, 0.05) is 12.7 Å². The molecule has 2 heterocycles. The highest BCUT2D eigenvalue weighted by Gasteiger charge is 2.27. The van der Waals surface area contributed by atoms with Crippen LogP contribution < -0.4 is 10.6 Å². The van der Waals surface area contributed by atoms with Crippen LogP contribution in [-0.2, 0) is 7.05 Å². The van der Waals surface area contributed by atoms with Gasteiger partial charge in [-0.05, 0) is 31.2 Å². The summed E-state index contributed by atoms with van der Waals surface area (Å²) in [7, 11) is 1.68. The smallest absolute Gasteiger partial charge is 0.273 e. The number of nitrogens with one attached hydrogen (secondary N) is 2. The molecular formula is C14H12N4O3. The zero-order chi connectivity index (χ0) is 15.1. The molecule has 0 fully saturated rings. The molecule has 7 heteroatoms. The van der Waals surface area contributed by atoms with Crippen molar-refractivity contribution in [3.63, 3.8) is 0 Å². The molecule has 3 amide bonds. The number of carbonyl (C=O) groups is 3. The summed E-state index contributed by atoms with van der Waals surface area (Å²) in [5, 5.41) is 8.99. The van der Waals surface area contributed by atoms with Gasteiger partial charge in [0.25, 0.3) is 17.7 Å². The highest BCUT2D eigenvalue weighted by atomic mass is 16.2. The third-order valence-corrected chi connectivity index (χ3v) is 3.23. The van der Waals surface area contributed by atoms with Gasteiger partial charge in [-0.15, -0.1) is 0 Å². The fraction of sp³-hybridized carbons (Fsp3) is 0.143. The molecule has 106 valence electrons. The van der Waals surface area contributed by atoms with Crippen LogP contribution in [0.5, 0.6) is 0 Å². The summed E-state index contributed by atoms with van der Waals surface area (Å²) in [5.41, 5.74) is 2.17. The van der Waals surface area contributed by atoms with Crippen molar-refractivity contribution in [2.75, 3.05) is 5.32 Å². The largest absolute Gasteiger partial charge is 0.321 e. The summed E-state index contributed by atoms with van der Waals surface area (Å²) in [5.74, 6) is -1.21. The van der Waals surface area contributed by atoms with Gasteiger partial charge >= 0.3 is 0 Å². The zero-order valence-electron chi connectivity index (χ0n) is 11.4. The molecule has 1 aliphatic heterocycles. The molecule has 0 bridgehead atoms. The van der Waals surface area contributed by atoms with Crippen molar-refractivity contribution < 1.29 is 14.4 Å². The zero-order valence-corrected chi connectivity index (χ0v) is 11.4. The standard InChI is InChI=1S/C14H12N4O3/c1-7-5-11(18(2)17-7)14(21)15-8-3-4-9-10(6-8)13(20)16-12(9)19/h3-6H,1-2H3,(H,15,21)(H,16,19,20). The summed E-state index contributed by atoms with van der Waals surface area (Å²) in [4.78, 5) is 35.2. The summed E-state index contributed by atoms with van der Waals surface area (Å²) in [6, 6.07) is 6.24. The topological polar surface area (TPSA) is 93.1 Å². The monoisotopic (exact) mass is 284 g/mol. The van der Waals surface area contributed by atoms with Crippen molar-refractivity contribution in [1.29, 1.82) is 0 Å². The molecule has 2 aromatic rings. The number of amides is 3. The molecule has 7 nitrogen and oxygen atoms in total. The Morgan fingerprint density at radius 1 is 1.19 bits per heavy atom. The van der Waals surface area contributed by atoms with E-state index in [-0.39, 0.29) is 11.5 Å². The van der Waals surface area contributed by atoms with Crippen LogP contribution in [0.2, 0.25) is 0 Å². The van der Waals surface area contributed by atoms with E-state index in [2.05, 4.69) is 15.7 Å². The van der Waals surface area contributed by atoms with Crippen molar-refractivity contribution in [1.82, 2.24) is 15.1 Å². The molecule has 3 rings (SSSR count). The fourth-order valence-electron chi connectivity index (χ4n) is 2.26. The van der Waals surface area contributed by atoms with E-state index in [0.717, 1.165) is 5.69 Å². The Kier molecular flexibility index (Phi) is 2.83. The SMILES string of the molecule is Cc1cc(C(=O)Nc2ccc3c(c2)C(=O)NC3=O)n(C)n1. The van der Waals surface area contributed by atoms with Gasteiger partial charge in [-0.25, -0.2) is 0 Å². The van der Waals surface area contributed by atoms with Gasteiger partial charge in [0.05, 0.1) is 16.8 Å². The van der Waals surface area contributed by atoms with E-state index in [9.17, 15) is 14.4 Å². The van der Waals surface area contributed by atoms with E-state index in [1.165, 1.54) is 16.8 Å².